The van der Waals surface area contributed by atoms with E-state index >= 15 is 0 Å². The second-order valence-corrected chi connectivity index (χ2v) is 14.3. The van der Waals surface area contributed by atoms with E-state index < -0.39 is 0 Å². The van der Waals surface area contributed by atoms with Crippen molar-refractivity contribution in [1.82, 2.24) is 4.98 Å². The third kappa shape index (κ3) is 6.23. The number of para-hydroxylation sites is 1. The zero-order valence-electron chi connectivity index (χ0n) is 28.5. The van der Waals surface area contributed by atoms with Gasteiger partial charge in [-0.3, -0.25) is 4.99 Å². The minimum Gasteiger partial charge on any atom is -0.518 e. The molecule has 0 bridgehead atoms. The van der Waals surface area contributed by atoms with E-state index in [2.05, 4.69) is 111 Å². The van der Waals surface area contributed by atoms with Crippen LogP contribution in [0.4, 0.5) is 17.2 Å². The minimum absolute atomic E-state index is 0. The van der Waals surface area contributed by atoms with Crippen molar-refractivity contribution >= 4 is 23.1 Å². The van der Waals surface area contributed by atoms with Crippen LogP contribution in [0.3, 0.4) is 0 Å². The molecule has 5 nitrogen and oxygen atoms in total. The Morgan fingerprint density at radius 1 is 0.796 bits per heavy atom. The van der Waals surface area contributed by atoms with E-state index in [0.717, 1.165) is 39.4 Å². The van der Waals surface area contributed by atoms with Crippen LogP contribution in [-0.2, 0) is 31.2 Å². The molecule has 6 heteroatoms. The molecule has 1 saturated carbocycles. The van der Waals surface area contributed by atoms with Crippen molar-refractivity contribution in [2.24, 2.45) is 10.9 Å². The van der Waals surface area contributed by atoms with E-state index in [1.165, 1.54) is 43.2 Å². The largest absolute Gasteiger partial charge is 2.00 e. The third-order valence-corrected chi connectivity index (χ3v) is 10.4. The number of benzene rings is 4. The van der Waals surface area contributed by atoms with Crippen LogP contribution >= 0.6 is 0 Å². The maximum absolute atomic E-state index is 6.67. The normalized spacial score (nSPS) is 19.6. The van der Waals surface area contributed by atoms with E-state index in [1.54, 1.807) is 0 Å². The number of hydrogen-bond donors (Lipinski definition) is 0. The summed E-state index contributed by atoms with van der Waals surface area (Å²) < 4.78 is 13.0. The van der Waals surface area contributed by atoms with Crippen LogP contribution in [0, 0.1) is 25.0 Å². The number of aromatic nitrogens is 1. The van der Waals surface area contributed by atoms with Crippen LogP contribution in [0.5, 0.6) is 11.5 Å². The Hall–Kier alpha value is -4.21. The molecule has 0 spiro atoms. The fraction of sp³-hybridized carbons (Fsp3) is 0.302. The smallest absolute Gasteiger partial charge is 0.518 e. The van der Waals surface area contributed by atoms with Gasteiger partial charge in [0.25, 0.3) is 0 Å². The van der Waals surface area contributed by atoms with Crippen molar-refractivity contribution in [3.05, 3.63) is 132 Å². The SMILES string of the molecule is Cc1cc(Oc2[c-]c(C3=N[C@](C)(C4CCCCC4)CO3)cc(-c3ccccc3)c2)[c-]c(N2c3ccccc3C(C)(C)c3cccnc32)c1.[Pt+2]. The van der Waals surface area contributed by atoms with Gasteiger partial charge < -0.3 is 14.4 Å². The molecular formula is C43H41N3O2Pt. The van der Waals surface area contributed by atoms with Crippen LogP contribution in [0.1, 0.15) is 75.1 Å². The molecule has 1 aromatic heterocycles. The van der Waals surface area contributed by atoms with Gasteiger partial charge in [0.2, 0.25) is 0 Å². The summed E-state index contributed by atoms with van der Waals surface area (Å²) in [7, 11) is 0. The number of ether oxygens (including phenoxy) is 2. The van der Waals surface area contributed by atoms with Crippen molar-refractivity contribution in [2.45, 2.75) is 70.8 Å². The zero-order chi connectivity index (χ0) is 32.9. The Balaban J connectivity index is 0.00000378. The van der Waals surface area contributed by atoms with Crippen molar-refractivity contribution in [2.75, 3.05) is 11.5 Å². The molecule has 1 fully saturated rings. The summed E-state index contributed by atoms with van der Waals surface area (Å²) in [5.74, 6) is 3.30. The van der Waals surface area contributed by atoms with E-state index in [0.29, 0.717) is 29.9 Å². The van der Waals surface area contributed by atoms with E-state index in [1.807, 2.05) is 30.5 Å². The van der Waals surface area contributed by atoms with Crippen LogP contribution in [0.2, 0.25) is 0 Å². The second kappa shape index (κ2) is 13.2. The van der Waals surface area contributed by atoms with Crippen molar-refractivity contribution < 1.29 is 30.5 Å². The van der Waals surface area contributed by atoms with Gasteiger partial charge in [0.15, 0.2) is 0 Å². The third-order valence-electron chi connectivity index (χ3n) is 10.4. The number of aryl methyl sites for hydroxylation is 1. The van der Waals surface area contributed by atoms with Gasteiger partial charge in [-0.1, -0.05) is 124 Å². The van der Waals surface area contributed by atoms with Gasteiger partial charge in [-0.2, -0.15) is 5.56 Å². The first-order valence-electron chi connectivity index (χ1n) is 17.2. The number of nitrogens with zero attached hydrogens (tertiary/aromatic N) is 3. The van der Waals surface area contributed by atoms with E-state index in [9.17, 15) is 0 Å². The Labute approximate surface area is 304 Å². The summed E-state index contributed by atoms with van der Waals surface area (Å²) in [6.45, 7) is 9.48. The van der Waals surface area contributed by atoms with Crippen LogP contribution in [-0.4, -0.2) is 23.0 Å². The maximum atomic E-state index is 6.67. The minimum atomic E-state index is -0.212. The average molecular weight is 827 g/mol. The number of rotatable bonds is 6. The molecule has 3 aliphatic rings. The van der Waals surface area contributed by atoms with Gasteiger partial charge in [0.05, 0.1) is 5.54 Å². The van der Waals surface area contributed by atoms with Crippen LogP contribution < -0.4 is 9.64 Å². The molecular weight excluding hydrogens is 786 g/mol. The van der Waals surface area contributed by atoms with Gasteiger partial charge in [-0.15, -0.1) is 24.3 Å². The first kappa shape index (κ1) is 33.3. The molecule has 1 atom stereocenters. The maximum Gasteiger partial charge on any atom is 2.00 e. The summed E-state index contributed by atoms with van der Waals surface area (Å²) >= 11 is 0. The Morgan fingerprint density at radius 2 is 1.53 bits per heavy atom. The predicted octanol–water partition coefficient (Wildman–Crippen LogP) is 10.7. The zero-order valence-corrected chi connectivity index (χ0v) is 30.8. The summed E-state index contributed by atoms with van der Waals surface area (Å²) in [6, 6.07) is 38.6. The van der Waals surface area contributed by atoms with Gasteiger partial charge in [-0.05, 0) is 48.9 Å². The van der Waals surface area contributed by atoms with Crippen LogP contribution in [0.15, 0.2) is 102 Å². The molecule has 0 unspecified atom stereocenters. The monoisotopic (exact) mass is 826 g/mol. The fourth-order valence-electron chi connectivity index (χ4n) is 7.81. The van der Waals surface area contributed by atoms with E-state index in [-0.39, 0.29) is 32.0 Å². The molecule has 2 aliphatic heterocycles. The van der Waals surface area contributed by atoms with Gasteiger partial charge in [0, 0.05) is 34.4 Å². The molecule has 0 radical (unpaired) electrons. The molecule has 250 valence electrons. The molecule has 1 aliphatic carbocycles. The molecule has 3 heterocycles. The predicted molar refractivity (Wildman–Crippen MR) is 193 cm³/mol. The number of hydrogen-bond acceptors (Lipinski definition) is 5. The summed E-state index contributed by atoms with van der Waals surface area (Å²) in [5, 5.41) is 0. The van der Waals surface area contributed by atoms with Crippen LogP contribution in [0.25, 0.3) is 11.1 Å². The molecule has 49 heavy (non-hydrogen) atoms. The van der Waals surface area contributed by atoms with Crippen molar-refractivity contribution in [3.63, 3.8) is 0 Å². The van der Waals surface area contributed by atoms with Crippen molar-refractivity contribution in [3.8, 4) is 22.6 Å². The molecule has 0 amide bonds. The Kier molecular flexibility index (Phi) is 9.00. The van der Waals surface area contributed by atoms with Gasteiger partial charge >= 0.3 is 21.1 Å². The molecule has 5 aromatic rings. The first-order valence-corrected chi connectivity index (χ1v) is 17.2. The summed E-state index contributed by atoms with van der Waals surface area (Å²) in [6.07, 6.45) is 8.15. The molecule has 0 saturated heterocycles. The number of pyridine rings is 1. The quantitative estimate of drug-likeness (QED) is 0.160. The Bertz CT molecular complexity index is 1970. The number of aliphatic imine (C=N–C) groups is 1. The topological polar surface area (TPSA) is 47.0 Å². The second-order valence-electron chi connectivity index (χ2n) is 14.3. The summed E-state index contributed by atoms with van der Waals surface area (Å²) in [4.78, 5) is 12.3. The first-order chi connectivity index (χ1) is 23.3. The van der Waals surface area contributed by atoms with Gasteiger partial charge in [-0.25, -0.2) is 4.98 Å². The molecule has 8 rings (SSSR count). The molecule has 0 N–H and O–H groups in total. The summed E-state index contributed by atoms with van der Waals surface area (Å²) in [5.41, 5.74) is 7.97. The average Bonchev–Trinajstić information content (AvgIpc) is 3.52. The van der Waals surface area contributed by atoms with Crippen molar-refractivity contribution in [1.29, 1.82) is 0 Å². The Morgan fingerprint density at radius 3 is 2.35 bits per heavy atom. The number of anilines is 3. The standard InChI is InChI=1S/C43H41N3O2.Pt/c1-29-22-34(46-39-20-12-11-18-37(39)42(2,3)38-19-13-21-44-40(38)46)27-35(23-29)48-36-25-31(30-14-7-5-8-15-30)24-32(26-36)41-45-43(4,28-47-41)33-16-9-6-10-17-33;/h5,7-8,11-15,18-25,33H,6,9-10,16-17,28H2,1-4H3;/q-2;+2/t43-;/m0./s1. The molecule has 4 aromatic carbocycles. The van der Waals surface area contributed by atoms with Gasteiger partial charge in [0.1, 0.15) is 18.3 Å². The number of fused-ring (bicyclic) bond motifs is 2. The fourth-order valence-corrected chi connectivity index (χ4v) is 7.81. The van der Waals surface area contributed by atoms with E-state index in [4.69, 9.17) is 19.5 Å².